The highest BCUT2D eigenvalue weighted by molar-refractivity contribution is 5.88. The Bertz CT molecular complexity index is 485. The third kappa shape index (κ3) is 1.21. The second kappa shape index (κ2) is 3.25. The Morgan fingerprint density at radius 1 is 1.50 bits per heavy atom. The van der Waals surface area contributed by atoms with Gasteiger partial charge in [-0.1, -0.05) is 19.1 Å². The summed E-state index contributed by atoms with van der Waals surface area (Å²) in [6, 6.07) is 5.66. The summed E-state index contributed by atoms with van der Waals surface area (Å²) in [5.74, 6) is 0. The lowest BCUT2D eigenvalue weighted by Crippen LogP contribution is -1.91. The van der Waals surface area contributed by atoms with Crippen molar-refractivity contribution in [3.05, 3.63) is 29.5 Å². The molecule has 1 aromatic heterocycles. The molecule has 14 heavy (non-hydrogen) atoms. The number of carbonyl (C=O) groups excluding carboxylic acids is 1. The third-order valence-electron chi connectivity index (χ3n) is 2.42. The number of fused-ring (bicyclic) bond motifs is 1. The molecule has 0 spiro atoms. The summed E-state index contributed by atoms with van der Waals surface area (Å²) in [6.45, 7) is 2.08. The molecular formula is C11H12N2O. The van der Waals surface area contributed by atoms with Crippen LogP contribution in [0.3, 0.4) is 0 Å². The molecular weight excluding hydrogens is 176 g/mol. The Hall–Kier alpha value is -1.64. The van der Waals surface area contributed by atoms with Gasteiger partial charge in [0, 0.05) is 18.0 Å². The van der Waals surface area contributed by atoms with Gasteiger partial charge in [0.1, 0.15) is 6.29 Å². The minimum atomic E-state index is 0.697. The van der Waals surface area contributed by atoms with Gasteiger partial charge in [-0.15, -0.1) is 0 Å². The van der Waals surface area contributed by atoms with Crippen molar-refractivity contribution in [2.75, 3.05) is 0 Å². The second-order valence-electron chi connectivity index (χ2n) is 3.32. The molecule has 2 rings (SSSR count). The first-order valence-corrected chi connectivity index (χ1v) is 4.67. The number of rotatable bonds is 2. The Balaban J connectivity index is 2.76. The van der Waals surface area contributed by atoms with Gasteiger partial charge in [-0.25, -0.2) is 0 Å². The maximum absolute atomic E-state index is 10.6. The van der Waals surface area contributed by atoms with Crippen LogP contribution in [0.25, 0.3) is 10.9 Å². The third-order valence-corrected chi connectivity index (χ3v) is 2.42. The summed E-state index contributed by atoms with van der Waals surface area (Å²) in [5, 5.41) is 5.52. The summed E-state index contributed by atoms with van der Waals surface area (Å²) in [4.78, 5) is 10.6. The number of hydrogen-bond donors (Lipinski definition) is 0. The molecule has 3 heteroatoms. The molecule has 3 nitrogen and oxygen atoms in total. The second-order valence-corrected chi connectivity index (χ2v) is 3.32. The van der Waals surface area contributed by atoms with E-state index in [4.69, 9.17) is 0 Å². The van der Waals surface area contributed by atoms with Crippen LogP contribution in [0, 0.1) is 0 Å². The zero-order chi connectivity index (χ0) is 10.1. The Kier molecular flexibility index (Phi) is 2.08. The van der Waals surface area contributed by atoms with Crippen molar-refractivity contribution < 1.29 is 4.79 Å². The molecule has 1 aromatic carbocycles. The van der Waals surface area contributed by atoms with Crippen LogP contribution in [0.5, 0.6) is 0 Å². The average Bonchev–Trinajstić information content (AvgIpc) is 2.55. The highest BCUT2D eigenvalue weighted by Crippen LogP contribution is 2.19. The van der Waals surface area contributed by atoms with Gasteiger partial charge in [-0.05, 0) is 12.5 Å². The standard InChI is InChI=1S/C11H12N2O/c1-3-10-9-5-4-8(7-14)6-11(9)13(2)12-10/h4-7H,3H2,1-2H3. The summed E-state index contributed by atoms with van der Waals surface area (Å²) in [7, 11) is 1.90. The maximum Gasteiger partial charge on any atom is 0.150 e. The molecule has 0 amide bonds. The van der Waals surface area contributed by atoms with Crippen LogP contribution < -0.4 is 0 Å². The van der Waals surface area contributed by atoms with E-state index in [0.717, 1.165) is 29.3 Å². The first-order chi connectivity index (χ1) is 6.76. The van der Waals surface area contributed by atoms with E-state index in [0.29, 0.717) is 5.56 Å². The predicted octanol–water partition coefficient (Wildman–Crippen LogP) is 1.95. The van der Waals surface area contributed by atoms with Crippen LogP contribution in [-0.2, 0) is 13.5 Å². The van der Waals surface area contributed by atoms with E-state index in [1.807, 2.05) is 29.9 Å². The molecule has 0 bridgehead atoms. The van der Waals surface area contributed by atoms with Gasteiger partial charge in [0.25, 0.3) is 0 Å². The van der Waals surface area contributed by atoms with Crippen LogP contribution in [0.1, 0.15) is 23.0 Å². The number of aryl methyl sites for hydroxylation is 2. The lowest BCUT2D eigenvalue weighted by atomic mass is 10.1. The number of aldehydes is 1. The lowest BCUT2D eigenvalue weighted by molar-refractivity contribution is 0.112. The summed E-state index contributed by atoms with van der Waals surface area (Å²) >= 11 is 0. The quantitative estimate of drug-likeness (QED) is 0.675. The zero-order valence-corrected chi connectivity index (χ0v) is 8.32. The first kappa shape index (κ1) is 8.94. The van der Waals surface area contributed by atoms with Crippen LogP contribution in [-0.4, -0.2) is 16.1 Å². The highest BCUT2D eigenvalue weighted by atomic mass is 16.1. The van der Waals surface area contributed by atoms with E-state index >= 15 is 0 Å². The predicted molar refractivity (Wildman–Crippen MR) is 55.5 cm³/mol. The van der Waals surface area contributed by atoms with Crippen LogP contribution in [0.4, 0.5) is 0 Å². The average molecular weight is 188 g/mol. The topological polar surface area (TPSA) is 34.9 Å². The van der Waals surface area contributed by atoms with E-state index in [1.165, 1.54) is 0 Å². The van der Waals surface area contributed by atoms with Crippen molar-refractivity contribution in [1.82, 2.24) is 9.78 Å². The van der Waals surface area contributed by atoms with Crippen molar-refractivity contribution in [2.24, 2.45) is 7.05 Å². The van der Waals surface area contributed by atoms with Crippen LogP contribution in [0.15, 0.2) is 18.2 Å². The van der Waals surface area contributed by atoms with Gasteiger partial charge in [-0.2, -0.15) is 5.10 Å². The van der Waals surface area contributed by atoms with Gasteiger partial charge in [0.2, 0.25) is 0 Å². The Morgan fingerprint density at radius 2 is 2.29 bits per heavy atom. The van der Waals surface area contributed by atoms with Crippen molar-refractivity contribution >= 4 is 17.2 Å². The molecule has 0 radical (unpaired) electrons. The molecule has 0 atom stereocenters. The van der Waals surface area contributed by atoms with E-state index in [9.17, 15) is 4.79 Å². The molecule has 0 aliphatic carbocycles. The molecule has 0 N–H and O–H groups in total. The normalized spacial score (nSPS) is 10.7. The minimum absolute atomic E-state index is 0.697. The van der Waals surface area contributed by atoms with E-state index in [2.05, 4.69) is 12.0 Å². The van der Waals surface area contributed by atoms with Gasteiger partial charge in [-0.3, -0.25) is 9.48 Å². The SMILES string of the molecule is CCc1nn(C)c2cc(C=O)ccc12. The fourth-order valence-electron chi connectivity index (χ4n) is 1.68. The minimum Gasteiger partial charge on any atom is -0.298 e. The van der Waals surface area contributed by atoms with Crippen molar-refractivity contribution in [2.45, 2.75) is 13.3 Å². The molecule has 0 aliphatic rings. The fraction of sp³-hybridized carbons (Fsp3) is 0.273. The molecule has 2 aromatic rings. The highest BCUT2D eigenvalue weighted by Gasteiger charge is 2.06. The van der Waals surface area contributed by atoms with Crippen LogP contribution in [0.2, 0.25) is 0 Å². The molecule has 0 unspecified atom stereocenters. The number of aromatic nitrogens is 2. The number of nitrogens with zero attached hydrogens (tertiary/aromatic N) is 2. The largest absolute Gasteiger partial charge is 0.298 e. The molecule has 0 fully saturated rings. The van der Waals surface area contributed by atoms with Crippen molar-refractivity contribution in [3.63, 3.8) is 0 Å². The van der Waals surface area contributed by atoms with E-state index < -0.39 is 0 Å². The lowest BCUT2D eigenvalue weighted by Gasteiger charge is -1.94. The van der Waals surface area contributed by atoms with Crippen molar-refractivity contribution in [1.29, 1.82) is 0 Å². The van der Waals surface area contributed by atoms with Gasteiger partial charge in [0.05, 0.1) is 11.2 Å². The molecule has 72 valence electrons. The molecule has 0 saturated carbocycles. The summed E-state index contributed by atoms with van der Waals surface area (Å²) in [6.07, 6.45) is 1.77. The Morgan fingerprint density at radius 3 is 2.93 bits per heavy atom. The summed E-state index contributed by atoms with van der Waals surface area (Å²) < 4.78 is 1.82. The van der Waals surface area contributed by atoms with Gasteiger partial charge < -0.3 is 0 Å². The van der Waals surface area contributed by atoms with Crippen LogP contribution >= 0.6 is 0 Å². The molecule has 0 aliphatic heterocycles. The van der Waals surface area contributed by atoms with Gasteiger partial charge in [0.15, 0.2) is 0 Å². The molecule has 1 heterocycles. The van der Waals surface area contributed by atoms with E-state index in [1.54, 1.807) is 0 Å². The van der Waals surface area contributed by atoms with Crippen molar-refractivity contribution in [3.8, 4) is 0 Å². The number of carbonyl (C=O) groups is 1. The monoisotopic (exact) mass is 188 g/mol. The molecule has 0 saturated heterocycles. The smallest absolute Gasteiger partial charge is 0.150 e. The number of hydrogen-bond acceptors (Lipinski definition) is 2. The first-order valence-electron chi connectivity index (χ1n) is 4.67. The maximum atomic E-state index is 10.6. The fourth-order valence-corrected chi connectivity index (χ4v) is 1.68. The van der Waals surface area contributed by atoms with E-state index in [-0.39, 0.29) is 0 Å². The Labute approximate surface area is 82.3 Å². The zero-order valence-electron chi connectivity index (χ0n) is 8.32. The summed E-state index contributed by atoms with van der Waals surface area (Å²) in [5.41, 5.74) is 2.80. The number of benzene rings is 1. The van der Waals surface area contributed by atoms with Gasteiger partial charge >= 0.3 is 0 Å².